The normalized spacial score (nSPS) is 11.3. The van der Waals surface area contributed by atoms with Gasteiger partial charge in [-0.15, -0.1) is 0 Å². The number of anilines is 1. The van der Waals surface area contributed by atoms with Crippen LogP contribution in [0.2, 0.25) is 0 Å². The van der Waals surface area contributed by atoms with E-state index in [0.29, 0.717) is 12.5 Å². The van der Waals surface area contributed by atoms with Crippen molar-refractivity contribution in [3.05, 3.63) is 42.7 Å². The minimum Gasteiger partial charge on any atom is -0.354 e. The molecule has 0 bridgehead atoms. The number of nitrogens with two attached hydrogens (primary N) is 1. The number of nitrogens with one attached hydrogen (secondary N) is 1. The highest BCUT2D eigenvalue weighted by Crippen LogP contribution is 2.18. The number of hydrogen-bond acceptors (Lipinski definition) is 4. The molecule has 0 saturated heterocycles. The molecule has 2 rings (SSSR count). The summed E-state index contributed by atoms with van der Waals surface area (Å²) in [6.45, 7) is 5.60. The fraction of sp³-hybridized carbons (Fsp3) is 0.333. The minimum atomic E-state index is 0.0431. The topological polar surface area (TPSA) is 63.8 Å². The Kier molecular flexibility index (Phi) is 4.12. The Hall–Kier alpha value is -1.94. The molecule has 19 heavy (non-hydrogen) atoms. The molecule has 0 atom stereocenters. The second kappa shape index (κ2) is 5.80. The lowest BCUT2D eigenvalue weighted by atomic mass is 9.94. The highest BCUT2D eigenvalue weighted by atomic mass is 15.1. The maximum Gasteiger partial charge on any atom is 0.222 e. The monoisotopic (exact) mass is 256 g/mol. The van der Waals surface area contributed by atoms with Crippen LogP contribution in [0.4, 0.5) is 5.95 Å². The lowest BCUT2D eigenvalue weighted by Crippen LogP contribution is -2.31. The van der Waals surface area contributed by atoms with Crippen molar-refractivity contribution in [2.24, 2.45) is 11.1 Å². The van der Waals surface area contributed by atoms with Gasteiger partial charge in [-0.25, -0.2) is 9.97 Å². The summed E-state index contributed by atoms with van der Waals surface area (Å²) in [5, 5.41) is 3.21. The first-order valence-corrected chi connectivity index (χ1v) is 6.42. The summed E-state index contributed by atoms with van der Waals surface area (Å²) in [5.74, 6) is 0.640. The van der Waals surface area contributed by atoms with E-state index in [1.807, 2.05) is 42.7 Å². The maximum absolute atomic E-state index is 5.69. The predicted molar refractivity (Wildman–Crippen MR) is 78.8 cm³/mol. The third-order valence-electron chi connectivity index (χ3n) is 3.04. The summed E-state index contributed by atoms with van der Waals surface area (Å²) in [7, 11) is 0. The number of nitrogens with zero attached hydrogens (tertiary/aromatic N) is 2. The summed E-state index contributed by atoms with van der Waals surface area (Å²) in [6.07, 6.45) is 3.67. The Labute approximate surface area is 114 Å². The number of benzene rings is 1. The molecule has 0 spiro atoms. The van der Waals surface area contributed by atoms with Crippen molar-refractivity contribution >= 4 is 5.95 Å². The molecule has 0 saturated carbocycles. The van der Waals surface area contributed by atoms with Gasteiger partial charge in [-0.1, -0.05) is 44.2 Å². The zero-order valence-corrected chi connectivity index (χ0v) is 11.4. The van der Waals surface area contributed by atoms with Gasteiger partial charge in [0.05, 0.1) is 0 Å². The van der Waals surface area contributed by atoms with Gasteiger partial charge < -0.3 is 11.1 Å². The van der Waals surface area contributed by atoms with Crippen LogP contribution < -0.4 is 11.1 Å². The van der Waals surface area contributed by atoms with Crippen LogP contribution in [0.3, 0.4) is 0 Å². The van der Waals surface area contributed by atoms with Gasteiger partial charge in [-0.05, 0) is 17.5 Å². The summed E-state index contributed by atoms with van der Waals surface area (Å²) in [5.41, 5.74) is 7.87. The quantitative estimate of drug-likeness (QED) is 0.863. The summed E-state index contributed by atoms with van der Waals surface area (Å²) in [4.78, 5) is 8.66. The van der Waals surface area contributed by atoms with E-state index >= 15 is 0 Å². The van der Waals surface area contributed by atoms with E-state index in [1.54, 1.807) is 0 Å². The fourth-order valence-corrected chi connectivity index (χ4v) is 1.59. The minimum absolute atomic E-state index is 0.0431. The van der Waals surface area contributed by atoms with Crippen molar-refractivity contribution in [2.45, 2.75) is 13.8 Å². The molecule has 1 aromatic carbocycles. The first kappa shape index (κ1) is 13.5. The zero-order chi connectivity index (χ0) is 13.7. The standard InChI is InChI=1S/C15H20N4/c1-15(2,10-16)11-19-14-17-8-13(9-18-14)12-6-4-3-5-7-12/h3-9H,10-11,16H2,1-2H3,(H,17,18,19). The Balaban J connectivity index is 2.03. The average Bonchev–Trinajstić information content (AvgIpc) is 2.47. The van der Waals surface area contributed by atoms with Crippen LogP contribution >= 0.6 is 0 Å². The van der Waals surface area contributed by atoms with Crippen molar-refractivity contribution in [3.8, 4) is 11.1 Å². The first-order valence-electron chi connectivity index (χ1n) is 6.42. The molecule has 1 heterocycles. The van der Waals surface area contributed by atoms with Crippen molar-refractivity contribution < 1.29 is 0 Å². The van der Waals surface area contributed by atoms with Crippen molar-refractivity contribution in [2.75, 3.05) is 18.4 Å². The van der Waals surface area contributed by atoms with Crippen molar-refractivity contribution in [1.82, 2.24) is 9.97 Å². The molecule has 0 aliphatic rings. The molecule has 0 fully saturated rings. The molecule has 0 aliphatic heterocycles. The van der Waals surface area contributed by atoms with Crippen LogP contribution in [0, 0.1) is 5.41 Å². The van der Waals surface area contributed by atoms with Crippen LogP contribution in [0.15, 0.2) is 42.7 Å². The smallest absolute Gasteiger partial charge is 0.222 e. The maximum atomic E-state index is 5.69. The molecule has 4 nitrogen and oxygen atoms in total. The van der Waals surface area contributed by atoms with Gasteiger partial charge in [-0.2, -0.15) is 0 Å². The molecule has 0 amide bonds. The SMILES string of the molecule is CC(C)(CN)CNc1ncc(-c2ccccc2)cn1. The number of aromatic nitrogens is 2. The third kappa shape index (κ3) is 3.76. The Morgan fingerprint density at radius 3 is 2.26 bits per heavy atom. The van der Waals surface area contributed by atoms with Crippen LogP contribution in [0.1, 0.15) is 13.8 Å². The molecule has 1 aromatic heterocycles. The first-order chi connectivity index (χ1) is 9.11. The average molecular weight is 256 g/mol. The van der Waals surface area contributed by atoms with Crippen LogP contribution in [-0.4, -0.2) is 23.1 Å². The molecule has 0 radical (unpaired) electrons. The molecular weight excluding hydrogens is 236 g/mol. The fourth-order valence-electron chi connectivity index (χ4n) is 1.59. The molecular formula is C15H20N4. The summed E-state index contributed by atoms with van der Waals surface area (Å²) in [6, 6.07) is 10.1. The molecule has 0 aliphatic carbocycles. The highest BCUT2D eigenvalue weighted by Gasteiger charge is 2.15. The van der Waals surface area contributed by atoms with Gasteiger partial charge in [0.25, 0.3) is 0 Å². The van der Waals surface area contributed by atoms with Gasteiger partial charge in [0.1, 0.15) is 0 Å². The Morgan fingerprint density at radius 1 is 1.05 bits per heavy atom. The predicted octanol–water partition coefficient (Wildman–Crippen LogP) is 2.54. The Bertz CT molecular complexity index is 505. The summed E-state index contributed by atoms with van der Waals surface area (Å²) >= 11 is 0. The van der Waals surface area contributed by atoms with Gasteiger partial charge in [0.2, 0.25) is 5.95 Å². The van der Waals surface area contributed by atoms with Gasteiger partial charge in [-0.3, -0.25) is 0 Å². The largest absolute Gasteiger partial charge is 0.354 e. The van der Waals surface area contributed by atoms with E-state index < -0.39 is 0 Å². The van der Waals surface area contributed by atoms with Gasteiger partial charge >= 0.3 is 0 Å². The van der Waals surface area contributed by atoms with E-state index in [0.717, 1.165) is 17.7 Å². The van der Waals surface area contributed by atoms with Crippen LogP contribution in [0.25, 0.3) is 11.1 Å². The Morgan fingerprint density at radius 2 is 1.68 bits per heavy atom. The van der Waals surface area contributed by atoms with E-state index in [2.05, 4.69) is 29.1 Å². The van der Waals surface area contributed by atoms with Crippen molar-refractivity contribution in [1.29, 1.82) is 0 Å². The molecule has 2 aromatic rings. The zero-order valence-electron chi connectivity index (χ0n) is 11.4. The molecule has 4 heteroatoms. The van der Waals surface area contributed by atoms with E-state index in [9.17, 15) is 0 Å². The molecule has 100 valence electrons. The molecule has 3 N–H and O–H groups in total. The summed E-state index contributed by atoms with van der Waals surface area (Å²) < 4.78 is 0. The molecule has 0 unspecified atom stereocenters. The lowest BCUT2D eigenvalue weighted by Gasteiger charge is -2.22. The van der Waals surface area contributed by atoms with Crippen LogP contribution in [0.5, 0.6) is 0 Å². The van der Waals surface area contributed by atoms with E-state index in [-0.39, 0.29) is 5.41 Å². The van der Waals surface area contributed by atoms with E-state index in [1.165, 1.54) is 0 Å². The lowest BCUT2D eigenvalue weighted by molar-refractivity contribution is 0.404. The second-order valence-corrected chi connectivity index (χ2v) is 5.38. The van der Waals surface area contributed by atoms with Crippen molar-refractivity contribution in [3.63, 3.8) is 0 Å². The van der Waals surface area contributed by atoms with Gasteiger partial charge in [0.15, 0.2) is 0 Å². The number of hydrogen-bond donors (Lipinski definition) is 2. The van der Waals surface area contributed by atoms with E-state index in [4.69, 9.17) is 5.73 Å². The second-order valence-electron chi connectivity index (χ2n) is 5.38. The third-order valence-corrected chi connectivity index (χ3v) is 3.04. The number of rotatable bonds is 5. The van der Waals surface area contributed by atoms with Crippen LogP contribution in [-0.2, 0) is 0 Å². The van der Waals surface area contributed by atoms with Gasteiger partial charge in [0, 0.05) is 24.5 Å². The highest BCUT2D eigenvalue weighted by molar-refractivity contribution is 5.61.